The molecule has 2 aliphatic carbocycles. The van der Waals surface area contributed by atoms with E-state index in [-0.39, 0.29) is 30.2 Å². The second-order valence-corrected chi connectivity index (χ2v) is 10.6. The fourth-order valence-corrected chi connectivity index (χ4v) is 7.24. The molecule has 2 aromatic carbocycles. The number of hydrogen-bond donors (Lipinski definition) is 1. The Morgan fingerprint density at radius 3 is 2.59 bits per heavy atom. The van der Waals surface area contributed by atoms with Gasteiger partial charge in [0.25, 0.3) is 0 Å². The molecular formula is C29H35N3O2. The molecular weight excluding hydrogens is 422 g/mol. The summed E-state index contributed by atoms with van der Waals surface area (Å²) in [5, 5.41) is 2.69. The zero-order chi connectivity index (χ0) is 23.2. The Labute approximate surface area is 202 Å². The first-order valence-corrected chi connectivity index (χ1v) is 13.1. The van der Waals surface area contributed by atoms with Gasteiger partial charge in [0, 0.05) is 44.3 Å². The summed E-state index contributed by atoms with van der Waals surface area (Å²) in [6.45, 7) is 2.05. The standard InChI is InChI=1S/C29H35N3O2/c1-30-27(33)18-24-22-9-2-3-11-26(22)32(29(24)34)21-14-16-31(17-15-21)25-13-12-20-7-4-6-19-8-5-10-23(25)28(19)20/h2-3,5,8-11,20-21,24-25H,4,6-7,12-18H2,1H3,(H,30,33)/t20-,24?,25?/m1/s1. The lowest BCUT2D eigenvalue weighted by molar-refractivity contribution is -0.126. The second kappa shape index (κ2) is 8.84. The molecule has 1 saturated heterocycles. The highest BCUT2D eigenvalue weighted by Crippen LogP contribution is 2.48. The maximum Gasteiger partial charge on any atom is 0.235 e. The molecule has 1 fully saturated rings. The third-order valence-corrected chi connectivity index (χ3v) is 8.87. The highest BCUT2D eigenvalue weighted by molar-refractivity contribution is 6.07. The predicted octanol–water partition coefficient (Wildman–Crippen LogP) is 4.67. The summed E-state index contributed by atoms with van der Waals surface area (Å²) < 4.78 is 0. The van der Waals surface area contributed by atoms with Crippen molar-refractivity contribution in [3.05, 3.63) is 64.7 Å². The quantitative estimate of drug-likeness (QED) is 0.726. The van der Waals surface area contributed by atoms with E-state index in [9.17, 15) is 9.59 Å². The fraction of sp³-hybridized carbons (Fsp3) is 0.517. The van der Waals surface area contributed by atoms with Crippen molar-refractivity contribution >= 4 is 17.5 Å². The van der Waals surface area contributed by atoms with Crippen molar-refractivity contribution in [2.45, 2.75) is 75.3 Å². The molecule has 2 aromatic rings. The molecule has 0 radical (unpaired) electrons. The van der Waals surface area contributed by atoms with E-state index in [1.165, 1.54) is 32.1 Å². The average molecular weight is 458 g/mol. The minimum Gasteiger partial charge on any atom is -0.359 e. The predicted molar refractivity (Wildman–Crippen MR) is 134 cm³/mol. The molecule has 0 bridgehead atoms. The van der Waals surface area contributed by atoms with Crippen LogP contribution in [0.4, 0.5) is 5.69 Å². The van der Waals surface area contributed by atoms with Gasteiger partial charge in [-0.3, -0.25) is 14.5 Å². The van der Waals surface area contributed by atoms with Crippen LogP contribution in [-0.4, -0.2) is 42.9 Å². The first-order chi connectivity index (χ1) is 16.7. The highest BCUT2D eigenvalue weighted by Gasteiger charge is 2.43. The summed E-state index contributed by atoms with van der Waals surface area (Å²) in [4.78, 5) is 30.3. The van der Waals surface area contributed by atoms with Gasteiger partial charge in [-0.15, -0.1) is 0 Å². The zero-order valence-corrected chi connectivity index (χ0v) is 20.1. The fourth-order valence-electron chi connectivity index (χ4n) is 7.24. The lowest BCUT2D eigenvalue weighted by Gasteiger charge is -2.45. The van der Waals surface area contributed by atoms with Crippen LogP contribution in [-0.2, 0) is 16.0 Å². The highest BCUT2D eigenvalue weighted by atomic mass is 16.2. The van der Waals surface area contributed by atoms with Crippen LogP contribution < -0.4 is 10.2 Å². The van der Waals surface area contributed by atoms with Crippen LogP contribution in [0.25, 0.3) is 0 Å². The summed E-state index contributed by atoms with van der Waals surface area (Å²) in [5.74, 6) is 0.428. The number of anilines is 1. The van der Waals surface area contributed by atoms with E-state index < -0.39 is 0 Å². The Bertz CT molecular complexity index is 1100. The maximum atomic E-state index is 13.5. The molecule has 0 saturated carbocycles. The Kier molecular flexibility index (Phi) is 5.68. The number of likely N-dealkylation sites (tertiary alicyclic amines) is 1. The maximum absolute atomic E-state index is 13.5. The molecule has 5 heteroatoms. The minimum atomic E-state index is -0.361. The number of hydrogen-bond acceptors (Lipinski definition) is 3. The van der Waals surface area contributed by atoms with Crippen molar-refractivity contribution in [2.75, 3.05) is 25.0 Å². The Hall–Kier alpha value is -2.66. The molecule has 0 spiro atoms. The Balaban J connectivity index is 1.20. The molecule has 3 atom stereocenters. The number of carbonyl (C=O) groups is 2. The normalized spacial score (nSPS) is 26.8. The number of para-hydroxylation sites is 1. The number of amides is 2. The van der Waals surface area contributed by atoms with Crippen molar-refractivity contribution in [1.29, 1.82) is 0 Å². The number of piperidine rings is 1. The van der Waals surface area contributed by atoms with Crippen LogP contribution in [0.5, 0.6) is 0 Å². The van der Waals surface area contributed by atoms with E-state index in [1.54, 1.807) is 23.7 Å². The summed E-state index contributed by atoms with van der Waals surface area (Å²) in [6, 6.07) is 15.8. The first kappa shape index (κ1) is 21.8. The number of benzene rings is 2. The Morgan fingerprint density at radius 1 is 0.971 bits per heavy atom. The van der Waals surface area contributed by atoms with E-state index in [0.717, 1.165) is 43.1 Å². The number of aryl methyl sites for hydroxylation is 1. The third-order valence-electron chi connectivity index (χ3n) is 8.87. The van der Waals surface area contributed by atoms with Gasteiger partial charge in [0.15, 0.2) is 0 Å². The lowest BCUT2D eigenvalue weighted by Crippen LogP contribution is -2.48. The summed E-state index contributed by atoms with van der Waals surface area (Å²) in [5.41, 5.74) is 6.87. The van der Waals surface area contributed by atoms with E-state index in [2.05, 4.69) is 34.5 Å². The van der Waals surface area contributed by atoms with Gasteiger partial charge in [-0.25, -0.2) is 0 Å². The van der Waals surface area contributed by atoms with E-state index >= 15 is 0 Å². The minimum absolute atomic E-state index is 0.0772. The number of nitrogens with zero attached hydrogens (tertiary/aromatic N) is 2. The van der Waals surface area contributed by atoms with Gasteiger partial charge in [-0.1, -0.05) is 36.4 Å². The first-order valence-electron chi connectivity index (χ1n) is 13.1. The molecule has 2 unspecified atom stereocenters. The van der Waals surface area contributed by atoms with Crippen molar-refractivity contribution in [3.63, 3.8) is 0 Å². The number of fused-ring (bicyclic) bond motifs is 1. The van der Waals surface area contributed by atoms with Crippen LogP contribution in [0.15, 0.2) is 42.5 Å². The van der Waals surface area contributed by atoms with Gasteiger partial charge < -0.3 is 10.2 Å². The van der Waals surface area contributed by atoms with Crippen LogP contribution in [0.1, 0.15) is 85.1 Å². The number of rotatable bonds is 4. The van der Waals surface area contributed by atoms with Crippen LogP contribution >= 0.6 is 0 Å². The topological polar surface area (TPSA) is 52.7 Å². The second-order valence-electron chi connectivity index (χ2n) is 10.6. The van der Waals surface area contributed by atoms with E-state index in [0.29, 0.717) is 6.04 Å². The van der Waals surface area contributed by atoms with Crippen LogP contribution in [0, 0.1) is 0 Å². The van der Waals surface area contributed by atoms with E-state index in [4.69, 9.17) is 0 Å². The van der Waals surface area contributed by atoms with Crippen molar-refractivity contribution in [3.8, 4) is 0 Å². The Morgan fingerprint density at radius 2 is 1.76 bits per heavy atom. The van der Waals surface area contributed by atoms with Gasteiger partial charge in [0.1, 0.15) is 0 Å². The molecule has 4 aliphatic rings. The molecule has 2 heterocycles. The van der Waals surface area contributed by atoms with Gasteiger partial charge >= 0.3 is 0 Å². The molecule has 178 valence electrons. The monoisotopic (exact) mass is 457 g/mol. The number of nitrogens with one attached hydrogen (secondary N) is 1. The van der Waals surface area contributed by atoms with Gasteiger partial charge in [-0.05, 0) is 79.2 Å². The van der Waals surface area contributed by atoms with Gasteiger partial charge in [0.05, 0.1) is 5.92 Å². The molecule has 5 nitrogen and oxygen atoms in total. The number of carbonyl (C=O) groups excluding carboxylic acids is 2. The molecule has 6 rings (SSSR count). The van der Waals surface area contributed by atoms with Gasteiger partial charge in [0.2, 0.25) is 11.8 Å². The molecule has 2 amide bonds. The molecule has 34 heavy (non-hydrogen) atoms. The van der Waals surface area contributed by atoms with E-state index in [1.807, 2.05) is 23.1 Å². The summed E-state index contributed by atoms with van der Waals surface area (Å²) in [7, 11) is 1.64. The summed E-state index contributed by atoms with van der Waals surface area (Å²) in [6.07, 6.45) is 8.70. The summed E-state index contributed by atoms with van der Waals surface area (Å²) >= 11 is 0. The van der Waals surface area contributed by atoms with Crippen molar-refractivity contribution in [2.24, 2.45) is 0 Å². The lowest BCUT2D eigenvalue weighted by atomic mass is 9.71. The zero-order valence-electron chi connectivity index (χ0n) is 20.1. The van der Waals surface area contributed by atoms with Crippen molar-refractivity contribution in [1.82, 2.24) is 10.2 Å². The smallest absolute Gasteiger partial charge is 0.235 e. The third kappa shape index (κ3) is 3.56. The average Bonchev–Trinajstić information content (AvgIpc) is 3.16. The molecule has 0 aromatic heterocycles. The van der Waals surface area contributed by atoms with Crippen molar-refractivity contribution < 1.29 is 9.59 Å². The SMILES string of the molecule is CNC(=O)CC1C(=O)N(C2CCN(C3CC[C@H]4CCCc5cccc3c54)CC2)c2ccccc21. The van der Waals surface area contributed by atoms with Crippen LogP contribution in [0.3, 0.4) is 0 Å². The van der Waals surface area contributed by atoms with Gasteiger partial charge in [-0.2, -0.15) is 0 Å². The largest absolute Gasteiger partial charge is 0.359 e. The molecule has 2 aliphatic heterocycles. The van der Waals surface area contributed by atoms with Crippen LogP contribution in [0.2, 0.25) is 0 Å². The molecule has 1 N–H and O–H groups in total.